The molecular formula is C24H29NO3. The Kier molecular flexibility index (Phi) is 4.92. The van der Waals surface area contributed by atoms with E-state index in [1.54, 1.807) is 14.2 Å². The predicted octanol–water partition coefficient (Wildman–Crippen LogP) is 4.25. The minimum Gasteiger partial charge on any atom is -0.497 e. The van der Waals surface area contributed by atoms with Crippen LogP contribution in [0.1, 0.15) is 42.2 Å². The van der Waals surface area contributed by atoms with Crippen molar-refractivity contribution in [1.29, 1.82) is 0 Å². The highest BCUT2D eigenvalue weighted by Crippen LogP contribution is 2.58. The lowest BCUT2D eigenvalue weighted by atomic mass is 9.52. The standard InChI is InChI=1S/C24H29NO3/c1-25(2)24-13-20(16-5-9-18(27-3)10-6-16)23(22(26)15-24)21(14-24)17-7-11-19(28-4)12-8-17/h5-12,20-21,23H,13-15H2,1-4H3/t20-,21-,23?,24?/m0/s1. The summed E-state index contributed by atoms with van der Waals surface area (Å²) >= 11 is 0. The van der Waals surface area contributed by atoms with Gasteiger partial charge in [0.25, 0.3) is 0 Å². The van der Waals surface area contributed by atoms with Gasteiger partial charge in [0, 0.05) is 17.9 Å². The molecule has 3 aliphatic carbocycles. The Bertz CT molecular complexity index is 784. The third-order valence-corrected chi connectivity index (χ3v) is 6.98. The molecule has 0 aliphatic heterocycles. The lowest BCUT2D eigenvalue weighted by Crippen LogP contribution is -2.59. The van der Waals surface area contributed by atoms with E-state index >= 15 is 0 Å². The number of ketones is 1. The van der Waals surface area contributed by atoms with Crippen molar-refractivity contribution in [2.45, 2.75) is 36.6 Å². The summed E-state index contributed by atoms with van der Waals surface area (Å²) in [7, 11) is 7.61. The van der Waals surface area contributed by atoms with Gasteiger partial charge in [0.15, 0.2) is 0 Å². The molecule has 2 atom stereocenters. The molecule has 0 heterocycles. The van der Waals surface area contributed by atoms with Crippen molar-refractivity contribution in [3.8, 4) is 11.5 Å². The van der Waals surface area contributed by atoms with Crippen LogP contribution in [0.5, 0.6) is 11.5 Å². The van der Waals surface area contributed by atoms with Crippen molar-refractivity contribution >= 4 is 5.78 Å². The van der Waals surface area contributed by atoms with Gasteiger partial charge in [-0.25, -0.2) is 0 Å². The second-order valence-corrected chi connectivity index (χ2v) is 8.46. The quantitative estimate of drug-likeness (QED) is 0.778. The molecule has 28 heavy (non-hydrogen) atoms. The molecule has 2 aromatic carbocycles. The largest absolute Gasteiger partial charge is 0.497 e. The first-order chi connectivity index (χ1) is 13.5. The van der Waals surface area contributed by atoms with Crippen LogP contribution in [0.2, 0.25) is 0 Å². The van der Waals surface area contributed by atoms with Gasteiger partial charge >= 0.3 is 0 Å². The number of Topliss-reactive ketones (excluding diaryl/α,β-unsaturated/α-hetero) is 1. The molecule has 0 aromatic heterocycles. The van der Waals surface area contributed by atoms with Crippen LogP contribution in [-0.4, -0.2) is 44.5 Å². The van der Waals surface area contributed by atoms with Gasteiger partial charge in [0.05, 0.1) is 14.2 Å². The van der Waals surface area contributed by atoms with Crippen LogP contribution >= 0.6 is 0 Å². The topological polar surface area (TPSA) is 38.8 Å². The van der Waals surface area contributed by atoms with Gasteiger partial charge in [-0.05, 0) is 74.2 Å². The molecule has 148 valence electrons. The van der Waals surface area contributed by atoms with Crippen LogP contribution in [0.15, 0.2) is 48.5 Å². The smallest absolute Gasteiger partial charge is 0.139 e. The van der Waals surface area contributed by atoms with Gasteiger partial charge in [-0.2, -0.15) is 0 Å². The monoisotopic (exact) mass is 379 g/mol. The van der Waals surface area contributed by atoms with E-state index in [-0.39, 0.29) is 23.3 Å². The highest BCUT2D eigenvalue weighted by Gasteiger charge is 2.56. The number of fused-ring (bicyclic) bond motifs is 3. The van der Waals surface area contributed by atoms with Gasteiger partial charge in [0.2, 0.25) is 0 Å². The van der Waals surface area contributed by atoms with Crippen LogP contribution in [0, 0.1) is 5.92 Å². The van der Waals surface area contributed by atoms with Crippen LogP contribution < -0.4 is 9.47 Å². The molecule has 4 heteroatoms. The molecule has 5 rings (SSSR count). The lowest BCUT2D eigenvalue weighted by Gasteiger charge is -2.56. The molecular weight excluding hydrogens is 350 g/mol. The Morgan fingerprint density at radius 2 is 1.25 bits per heavy atom. The van der Waals surface area contributed by atoms with E-state index < -0.39 is 0 Å². The second-order valence-electron chi connectivity index (χ2n) is 8.46. The van der Waals surface area contributed by atoms with Crippen molar-refractivity contribution in [1.82, 2.24) is 4.90 Å². The van der Waals surface area contributed by atoms with Crippen molar-refractivity contribution in [2.75, 3.05) is 28.3 Å². The number of hydrogen-bond acceptors (Lipinski definition) is 4. The fourth-order valence-electron chi connectivity index (χ4n) is 5.35. The van der Waals surface area contributed by atoms with Gasteiger partial charge in [-0.1, -0.05) is 24.3 Å². The summed E-state index contributed by atoms with van der Waals surface area (Å²) in [5.41, 5.74) is 2.40. The summed E-state index contributed by atoms with van der Waals surface area (Å²) in [5.74, 6) is 2.59. The Morgan fingerprint density at radius 1 is 0.821 bits per heavy atom. The van der Waals surface area contributed by atoms with E-state index in [9.17, 15) is 4.79 Å². The van der Waals surface area contributed by atoms with Gasteiger partial charge < -0.3 is 14.4 Å². The van der Waals surface area contributed by atoms with Crippen molar-refractivity contribution < 1.29 is 14.3 Å². The molecule has 0 radical (unpaired) electrons. The number of benzene rings is 2. The summed E-state index contributed by atoms with van der Waals surface area (Å²) in [5, 5.41) is 0. The van der Waals surface area contributed by atoms with Crippen molar-refractivity contribution in [2.24, 2.45) is 5.92 Å². The molecule has 3 saturated carbocycles. The fraction of sp³-hybridized carbons (Fsp3) is 0.458. The maximum absolute atomic E-state index is 13.3. The summed E-state index contributed by atoms with van der Waals surface area (Å²) in [6.07, 6.45) is 2.70. The zero-order valence-corrected chi connectivity index (χ0v) is 17.1. The Morgan fingerprint density at radius 3 is 1.61 bits per heavy atom. The summed E-state index contributed by atoms with van der Waals surface area (Å²) in [4.78, 5) is 15.6. The Hall–Kier alpha value is -2.33. The van der Waals surface area contributed by atoms with Crippen LogP contribution in [0.4, 0.5) is 0 Å². The minimum atomic E-state index is -0.0823. The summed E-state index contributed by atoms with van der Waals surface area (Å²) in [6, 6.07) is 16.6. The highest BCUT2D eigenvalue weighted by atomic mass is 16.5. The average molecular weight is 380 g/mol. The van der Waals surface area contributed by atoms with E-state index in [1.807, 2.05) is 24.3 Å². The number of rotatable bonds is 5. The van der Waals surface area contributed by atoms with Gasteiger partial charge in [-0.15, -0.1) is 0 Å². The predicted molar refractivity (Wildman–Crippen MR) is 110 cm³/mol. The summed E-state index contributed by atoms with van der Waals surface area (Å²) in [6.45, 7) is 0. The van der Waals surface area contributed by atoms with E-state index in [0.29, 0.717) is 12.2 Å². The molecule has 0 spiro atoms. The molecule has 0 amide bonds. The fourth-order valence-corrected chi connectivity index (χ4v) is 5.35. The van der Waals surface area contributed by atoms with Crippen molar-refractivity contribution in [3.63, 3.8) is 0 Å². The van der Waals surface area contributed by atoms with Crippen LogP contribution in [-0.2, 0) is 4.79 Å². The number of carbonyl (C=O) groups excluding carboxylic acids is 1. The number of methoxy groups -OCH3 is 2. The van der Waals surface area contributed by atoms with Gasteiger partial charge in [-0.3, -0.25) is 4.79 Å². The Labute approximate surface area is 167 Å². The van der Waals surface area contributed by atoms with E-state index in [1.165, 1.54) is 11.1 Å². The molecule has 0 N–H and O–H groups in total. The number of nitrogens with zero attached hydrogens (tertiary/aromatic N) is 1. The number of hydrogen-bond donors (Lipinski definition) is 0. The zero-order valence-electron chi connectivity index (χ0n) is 17.1. The second kappa shape index (κ2) is 7.25. The molecule has 3 aliphatic rings. The first-order valence-electron chi connectivity index (χ1n) is 9.95. The molecule has 0 saturated heterocycles. The van der Waals surface area contributed by atoms with E-state index in [0.717, 1.165) is 24.3 Å². The van der Waals surface area contributed by atoms with Crippen LogP contribution in [0.25, 0.3) is 0 Å². The maximum atomic E-state index is 13.3. The molecule has 0 unspecified atom stereocenters. The average Bonchev–Trinajstić information content (AvgIpc) is 2.73. The maximum Gasteiger partial charge on any atom is 0.139 e. The highest BCUT2D eigenvalue weighted by molar-refractivity contribution is 5.86. The number of carbonyl (C=O) groups is 1. The third kappa shape index (κ3) is 3.10. The van der Waals surface area contributed by atoms with Crippen molar-refractivity contribution in [3.05, 3.63) is 59.7 Å². The first kappa shape index (κ1) is 19.0. The zero-order chi connectivity index (χ0) is 19.9. The molecule has 2 aromatic rings. The first-order valence-corrected chi connectivity index (χ1v) is 9.95. The summed E-state index contributed by atoms with van der Waals surface area (Å²) < 4.78 is 10.6. The van der Waals surface area contributed by atoms with Gasteiger partial charge in [0.1, 0.15) is 17.3 Å². The normalized spacial score (nSPS) is 29.2. The van der Waals surface area contributed by atoms with E-state index in [4.69, 9.17) is 9.47 Å². The molecule has 3 fully saturated rings. The third-order valence-electron chi connectivity index (χ3n) is 6.98. The van der Waals surface area contributed by atoms with E-state index in [2.05, 4.69) is 43.3 Å². The molecule has 4 nitrogen and oxygen atoms in total. The Balaban J connectivity index is 1.75. The molecule has 2 bridgehead atoms. The number of ether oxygens (including phenoxy) is 2. The SMILES string of the molecule is COc1ccc([C@@H]2CC3(N(C)C)CC(=O)C2[C@H](c2ccc(OC)cc2)C3)cc1. The van der Waals surface area contributed by atoms with Crippen LogP contribution in [0.3, 0.4) is 0 Å². The lowest BCUT2D eigenvalue weighted by molar-refractivity contribution is -0.138. The minimum absolute atomic E-state index is 0.0311.